The Morgan fingerprint density at radius 1 is 1.42 bits per heavy atom. The third-order valence-electron chi connectivity index (χ3n) is 3.54. The number of likely N-dealkylation sites (tertiary alicyclic amines) is 1. The van der Waals surface area contributed by atoms with E-state index in [1.54, 1.807) is 16.7 Å². The van der Waals surface area contributed by atoms with Crippen molar-refractivity contribution in [3.05, 3.63) is 0 Å². The summed E-state index contributed by atoms with van der Waals surface area (Å²) >= 11 is 1.59. The average Bonchev–Trinajstić information content (AvgIpc) is 2.36. The lowest BCUT2D eigenvalue weighted by molar-refractivity contribution is -0.222. The first-order valence-electron chi connectivity index (χ1n) is 6.31. The van der Waals surface area contributed by atoms with Gasteiger partial charge in [0.1, 0.15) is 0 Å². The van der Waals surface area contributed by atoms with Crippen molar-refractivity contribution < 1.29 is 23.1 Å². The minimum atomic E-state index is -4.57. The molecular weight excluding hydrogens is 279 g/mol. The van der Waals surface area contributed by atoms with Crippen molar-refractivity contribution in [1.29, 1.82) is 0 Å². The summed E-state index contributed by atoms with van der Waals surface area (Å²) in [6, 6.07) is 0. The summed E-state index contributed by atoms with van der Waals surface area (Å²) in [6.07, 6.45) is -4.09. The van der Waals surface area contributed by atoms with Gasteiger partial charge in [0.25, 0.3) is 0 Å². The molecule has 2 atom stereocenters. The number of piperidine rings is 1. The van der Waals surface area contributed by atoms with Crippen molar-refractivity contribution in [3.63, 3.8) is 0 Å². The number of carbonyl (C=O) groups excluding carboxylic acids is 1. The summed E-state index contributed by atoms with van der Waals surface area (Å²) in [5.41, 5.74) is 0. The number of thioether (sulfide) groups is 1. The number of hydrogen-bond acceptors (Lipinski definition) is 3. The van der Waals surface area contributed by atoms with Crippen molar-refractivity contribution in [1.82, 2.24) is 4.90 Å². The number of hydrogen-bond donors (Lipinski definition) is 1. The predicted octanol–water partition coefficient (Wildman–Crippen LogP) is 2.29. The van der Waals surface area contributed by atoms with Gasteiger partial charge in [0.05, 0.1) is 0 Å². The zero-order valence-corrected chi connectivity index (χ0v) is 11.9. The van der Waals surface area contributed by atoms with Gasteiger partial charge in [-0.15, -0.1) is 0 Å². The molecule has 7 heteroatoms. The number of rotatable bonds is 4. The molecule has 0 spiro atoms. The Kier molecular flexibility index (Phi) is 5.98. The highest BCUT2D eigenvalue weighted by molar-refractivity contribution is 7.99. The standard InChI is InChI=1S/C12H20F3NO2S/c1-8(19-2)7-10(17)16-5-3-9(4-6-16)11(18)12(13,14)15/h8-9,11,18H,3-7H2,1-2H3. The number of carbonyl (C=O) groups is 1. The Morgan fingerprint density at radius 2 is 1.95 bits per heavy atom. The molecule has 0 aromatic heterocycles. The van der Waals surface area contributed by atoms with E-state index >= 15 is 0 Å². The summed E-state index contributed by atoms with van der Waals surface area (Å²) in [6.45, 7) is 2.55. The lowest BCUT2D eigenvalue weighted by Gasteiger charge is -2.35. The van der Waals surface area contributed by atoms with Crippen LogP contribution in [0.4, 0.5) is 13.2 Å². The van der Waals surface area contributed by atoms with Crippen LogP contribution < -0.4 is 0 Å². The minimum Gasteiger partial charge on any atom is -0.383 e. The summed E-state index contributed by atoms with van der Waals surface area (Å²) in [4.78, 5) is 13.5. The van der Waals surface area contributed by atoms with Crippen LogP contribution in [0.2, 0.25) is 0 Å². The summed E-state index contributed by atoms with van der Waals surface area (Å²) in [5.74, 6) is -0.802. The molecule has 1 amide bonds. The second-order valence-electron chi connectivity index (χ2n) is 4.96. The molecule has 1 fully saturated rings. The molecule has 1 N–H and O–H groups in total. The summed E-state index contributed by atoms with van der Waals surface area (Å²) in [7, 11) is 0. The Hall–Kier alpha value is -0.430. The van der Waals surface area contributed by atoms with Crippen LogP contribution in [0.25, 0.3) is 0 Å². The van der Waals surface area contributed by atoms with E-state index in [0.717, 1.165) is 0 Å². The molecule has 0 saturated carbocycles. The monoisotopic (exact) mass is 299 g/mol. The van der Waals surface area contributed by atoms with E-state index < -0.39 is 18.2 Å². The number of amides is 1. The van der Waals surface area contributed by atoms with Gasteiger partial charge < -0.3 is 10.0 Å². The molecule has 1 aliphatic heterocycles. The van der Waals surface area contributed by atoms with Crippen molar-refractivity contribution in [2.75, 3.05) is 19.3 Å². The van der Waals surface area contributed by atoms with Crippen molar-refractivity contribution in [2.45, 2.75) is 43.7 Å². The first-order chi connectivity index (χ1) is 8.75. The third-order valence-corrected chi connectivity index (χ3v) is 4.51. The highest BCUT2D eigenvalue weighted by Gasteiger charge is 2.44. The number of nitrogens with zero attached hydrogens (tertiary/aromatic N) is 1. The number of halogens is 3. The Morgan fingerprint density at radius 3 is 2.37 bits per heavy atom. The predicted molar refractivity (Wildman–Crippen MR) is 69.0 cm³/mol. The maximum atomic E-state index is 12.4. The van der Waals surface area contributed by atoms with Crippen LogP contribution in [0, 0.1) is 5.92 Å². The molecule has 19 heavy (non-hydrogen) atoms. The maximum absolute atomic E-state index is 12.4. The number of aliphatic hydroxyl groups is 1. The Balaban J connectivity index is 2.43. The fourth-order valence-corrected chi connectivity index (χ4v) is 2.50. The molecule has 0 aromatic rings. The van der Waals surface area contributed by atoms with Gasteiger partial charge in [-0.1, -0.05) is 6.92 Å². The molecule has 3 nitrogen and oxygen atoms in total. The van der Waals surface area contributed by atoms with E-state index in [9.17, 15) is 23.1 Å². The van der Waals surface area contributed by atoms with Gasteiger partial charge in [-0.05, 0) is 25.0 Å². The fourth-order valence-electron chi connectivity index (χ4n) is 2.19. The lowest BCUT2D eigenvalue weighted by Crippen LogP contribution is -2.45. The molecule has 1 aliphatic rings. The van der Waals surface area contributed by atoms with Crippen LogP contribution >= 0.6 is 11.8 Å². The quantitative estimate of drug-likeness (QED) is 0.866. The molecule has 2 unspecified atom stereocenters. The van der Waals surface area contributed by atoms with Crippen LogP contribution in [-0.4, -0.2) is 52.8 Å². The van der Waals surface area contributed by atoms with Crippen LogP contribution in [-0.2, 0) is 4.79 Å². The van der Waals surface area contributed by atoms with E-state index in [-0.39, 0.29) is 24.0 Å². The van der Waals surface area contributed by atoms with Gasteiger partial charge in [0.15, 0.2) is 6.10 Å². The van der Waals surface area contributed by atoms with Gasteiger partial charge in [-0.3, -0.25) is 4.79 Å². The second kappa shape index (κ2) is 6.83. The van der Waals surface area contributed by atoms with Gasteiger partial charge in [0.2, 0.25) is 5.91 Å². The summed E-state index contributed by atoms with van der Waals surface area (Å²) < 4.78 is 37.1. The molecule has 0 bridgehead atoms. The molecular formula is C12H20F3NO2S. The lowest BCUT2D eigenvalue weighted by atomic mass is 9.90. The maximum Gasteiger partial charge on any atom is 0.414 e. The zero-order valence-electron chi connectivity index (χ0n) is 11.1. The first kappa shape index (κ1) is 16.6. The van der Waals surface area contributed by atoms with Crippen LogP contribution in [0.5, 0.6) is 0 Å². The highest BCUT2D eigenvalue weighted by Crippen LogP contribution is 2.31. The molecule has 0 radical (unpaired) electrons. The summed E-state index contributed by atoms with van der Waals surface area (Å²) in [5, 5.41) is 9.40. The van der Waals surface area contributed by atoms with Crippen LogP contribution in [0.1, 0.15) is 26.2 Å². The van der Waals surface area contributed by atoms with E-state index in [2.05, 4.69) is 0 Å². The average molecular weight is 299 g/mol. The van der Waals surface area contributed by atoms with Gasteiger partial charge in [-0.2, -0.15) is 24.9 Å². The highest BCUT2D eigenvalue weighted by atomic mass is 32.2. The molecule has 0 aliphatic carbocycles. The van der Waals surface area contributed by atoms with E-state index in [0.29, 0.717) is 19.5 Å². The molecule has 1 saturated heterocycles. The van der Waals surface area contributed by atoms with E-state index in [1.807, 2.05) is 13.2 Å². The number of aliphatic hydroxyl groups excluding tert-OH is 1. The second-order valence-corrected chi connectivity index (χ2v) is 6.23. The SMILES string of the molecule is CSC(C)CC(=O)N1CCC(C(O)C(F)(F)F)CC1. The van der Waals surface area contributed by atoms with Crippen molar-refractivity contribution in [3.8, 4) is 0 Å². The van der Waals surface area contributed by atoms with E-state index in [4.69, 9.17) is 0 Å². The fraction of sp³-hybridized carbons (Fsp3) is 0.917. The van der Waals surface area contributed by atoms with Gasteiger partial charge >= 0.3 is 6.18 Å². The van der Waals surface area contributed by atoms with E-state index in [1.165, 1.54) is 0 Å². The third kappa shape index (κ3) is 4.87. The Bertz CT molecular complexity index is 304. The topological polar surface area (TPSA) is 40.5 Å². The van der Waals surface area contributed by atoms with Crippen molar-refractivity contribution >= 4 is 17.7 Å². The largest absolute Gasteiger partial charge is 0.414 e. The molecule has 0 aromatic carbocycles. The normalized spacial score (nSPS) is 21.3. The molecule has 1 heterocycles. The smallest absolute Gasteiger partial charge is 0.383 e. The molecule has 112 valence electrons. The minimum absolute atomic E-state index is 0.0122. The van der Waals surface area contributed by atoms with Crippen LogP contribution in [0.15, 0.2) is 0 Å². The zero-order chi connectivity index (χ0) is 14.6. The Labute approximate surface area is 115 Å². The molecule has 1 rings (SSSR count). The van der Waals surface area contributed by atoms with Crippen LogP contribution in [0.3, 0.4) is 0 Å². The van der Waals surface area contributed by atoms with Gasteiger partial charge in [0, 0.05) is 24.8 Å². The van der Waals surface area contributed by atoms with Crippen molar-refractivity contribution in [2.24, 2.45) is 5.92 Å². The van der Waals surface area contributed by atoms with Gasteiger partial charge in [-0.25, -0.2) is 0 Å². The number of alkyl halides is 3. The first-order valence-corrected chi connectivity index (χ1v) is 7.59.